The minimum atomic E-state index is -0.985. The molecular formula is C10H20N2O4S. The lowest BCUT2D eigenvalue weighted by atomic mass is 10.1. The molecule has 0 bridgehead atoms. The minimum absolute atomic E-state index is 0.0985. The summed E-state index contributed by atoms with van der Waals surface area (Å²) in [6.45, 7) is 3.92. The number of nitrogens with one attached hydrogen (secondary N) is 2. The summed E-state index contributed by atoms with van der Waals surface area (Å²) in [5.74, 6) is -1.49. The molecule has 0 heterocycles. The van der Waals surface area contributed by atoms with E-state index in [-0.39, 0.29) is 11.8 Å². The number of carboxylic acid groups (broad SMARTS) is 1. The van der Waals surface area contributed by atoms with E-state index in [1.165, 1.54) is 0 Å². The summed E-state index contributed by atoms with van der Waals surface area (Å²) in [5, 5.41) is 13.7. The molecule has 0 fully saturated rings. The van der Waals surface area contributed by atoms with Gasteiger partial charge in [0.05, 0.1) is 5.92 Å². The van der Waals surface area contributed by atoms with Gasteiger partial charge < -0.3 is 15.7 Å². The maximum absolute atomic E-state index is 11.3. The minimum Gasteiger partial charge on any atom is -0.481 e. The van der Waals surface area contributed by atoms with Crippen molar-refractivity contribution in [2.24, 2.45) is 5.92 Å². The number of amides is 2. The standard InChI is InChI=1S/C10H20N2O4S/c1-4-8(9(13)14)6-12-10(15)11-5-7(2)17(3)16/h7-8H,4-6H2,1-3H3,(H,13,14)(H2,11,12,15). The number of carbonyl (C=O) groups excluding carboxylic acids is 1. The van der Waals surface area contributed by atoms with Gasteiger partial charge in [0.2, 0.25) is 0 Å². The van der Waals surface area contributed by atoms with Crippen LogP contribution in [0, 0.1) is 5.92 Å². The first kappa shape index (κ1) is 15.9. The molecule has 3 atom stereocenters. The van der Waals surface area contributed by atoms with E-state index in [0.717, 1.165) is 0 Å². The van der Waals surface area contributed by atoms with E-state index < -0.39 is 28.7 Å². The summed E-state index contributed by atoms with van der Waals surface area (Å²) < 4.78 is 11.0. The van der Waals surface area contributed by atoms with Gasteiger partial charge in [-0.2, -0.15) is 0 Å². The van der Waals surface area contributed by atoms with Crippen molar-refractivity contribution in [2.75, 3.05) is 19.3 Å². The average molecular weight is 264 g/mol. The van der Waals surface area contributed by atoms with Gasteiger partial charge in [0.1, 0.15) is 0 Å². The molecule has 3 unspecified atom stereocenters. The fourth-order valence-corrected chi connectivity index (χ4v) is 1.36. The molecule has 0 radical (unpaired) electrons. The summed E-state index contributed by atoms with van der Waals surface area (Å²) in [5.41, 5.74) is 0. The van der Waals surface area contributed by atoms with E-state index in [1.54, 1.807) is 20.1 Å². The molecule has 0 saturated heterocycles. The van der Waals surface area contributed by atoms with Crippen LogP contribution in [0.5, 0.6) is 0 Å². The Labute approximate surface area is 104 Å². The van der Waals surface area contributed by atoms with Crippen LogP contribution in [-0.4, -0.2) is 45.9 Å². The Hall–Kier alpha value is -1.11. The molecule has 0 rings (SSSR count). The van der Waals surface area contributed by atoms with Gasteiger partial charge in [0.15, 0.2) is 0 Å². The fourth-order valence-electron chi connectivity index (χ4n) is 1.04. The summed E-state index contributed by atoms with van der Waals surface area (Å²) in [4.78, 5) is 22.0. The van der Waals surface area contributed by atoms with E-state index >= 15 is 0 Å². The Kier molecular flexibility index (Phi) is 7.53. The zero-order chi connectivity index (χ0) is 13.4. The molecule has 0 aromatic rings. The van der Waals surface area contributed by atoms with Crippen molar-refractivity contribution >= 4 is 22.8 Å². The summed E-state index contributed by atoms with van der Waals surface area (Å²) in [6.07, 6.45) is 2.03. The molecule has 0 saturated carbocycles. The third kappa shape index (κ3) is 6.93. The van der Waals surface area contributed by atoms with Gasteiger partial charge in [-0.15, -0.1) is 0 Å². The Morgan fingerprint density at radius 1 is 1.29 bits per heavy atom. The maximum atomic E-state index is 11.3. The van der Waals surface area contributed by atoms with Gasteiger partial charge in [-0.25, -0.2) is 4.79 Å². The topological polar surface area (TPSA) is 95.5 Å². The Morgan fingerprint density at radius 3 is 2.24 bits per heavy atom. The van der Waals surface area contributed by atoms with E-state index in [1.807, 2.05) is 0 Å². The molecule has 17 heavy (non-hydrogen) atoms. The molecular weight excluding hydrogens is 244 g/mol. The Balaban J connectivity index is 3.87. The highest BCUT2D eigenvalue weighted by molar-refractivity contribution is 7.84. The third-order valence-electron chi connectivity index (χ3n) is 2.47. The van der Waals surface area contributed by atoms with Gasteiger partial charge in [0, 0.05) is 35.4 Å². The van der Waals surface area contributed by atoms with Crippen LogP contribution >= 0.6 is 0 Å². The predicted octanol–water partition coefficient (Wildman–Crippen LogP) is 0.163. The fraction of sp³-hybridized carbons (Fsp3) is 0.800. The first-order valence-electron chi connectivity index (χ1n) is 5.45. The monoisotopic (exact) mass is 264 g/mol. The Bertz CT molecular complexity index is 296. The number of carboxylic acids is 1. The van der Waals surface area contributed by atoms with Crippen LogP contribution in [0.2, 0.25) is 0 Å². The summed E-state index contributed by atoms with van der Waals surface area (Å²) >= 11 is 0. The molecule has 7 heteroatoms. The number of rotatable bonds is 7. The number of hydrogen-bond acceptors (Lipinski definition) is 3. The van der Waals surface area contributed by atoms with E-state index in [2.05, 4.69) is 10.6 Å². The average Bonchev–Trinajstić information content (AvgIpc) is 2.25. The lowest BCUT2D eigenvalue weighted by Crippen LogP contribution is -2.42. The summed E-state index contributed by atoms with van der Waals surface area (Å²) in [7, 11) is -0.985. The second-order valence-corrected chi connectivity index (χ2v) is 5.65. The van der Waals surface area contributed by atoms with Gasteiger partial charge in [0.25, 0.3) is 0 Å². The normalized spacial score (nSPS) is 15.7. The van der Waals surface area contributed by atoms with Crippen LogP contribution in [0.1, 0.15) is 20.3 Å². The van der Waals surface area contributed by atoms with Gasteiger partial charge >= 0.3 is 12.0 Å². The van der Waals surface area contributed by atoms with E-state index in [9.17, 15) is 13.8 Å². The van der Waals surface area contributed by atoms with Crippen LogP contribution in [0.3, 0.4) is 0 Å². The summed E-state index contributed by atoms with van der Waals surface area (Å²) in [6, 6.07) is -0.429. The van der Waals surface area contributed by atoms with Gasteiger partial charge in [-0.3, -0.25) is 9.00 Å². The molecule has 6 nitrogen and oxygen atoms in total. The largest absolute Gasteiger partial charge is 0.481 e. The smallest absolute Gasteiger partial charge is 0.314 e. The van der Waals surface area contributed by atoms with E-state index in [0.29, 0.717) is 13.0 Å². The van der Waals surface area contributed by atoms with Crippen molar-refractivity contribution in [3.63, 3.8) is 0 Å². The predicted molar refractivity (Wildman–Crippen MR) is 66.3 cm³/mol. The van der Waals surface area contributed by atoms with Crippen LogP contribution in [0.25, 0.3) is 0 Å². The number of hydrogen-bond donors (Lipinski definition) is 3. The highest BCUT2D eigenvalue weighted by Gasteiger charge is 2.16. The van der Waals surface area contributed by atoms with Crippen LogP contribution < -0.4 is 10.6 Å². The lowest BCUT2D eigenvalue weighted by Gasteiger charge is -2.13. The first-order valence-corrected chi connectivity index (χ1v) is 7.07. The highest BCUT2D eigenvalue weighted by Crippen LogP contribution is 2.00. The molecule has 3 N–H and O–H groups in total. The molecule has 0 aliphatic carbocycles. The number of carbonyl (C=O) groups is 2. The quantitative estimate of drug-likeness (QED) is 0.610. The van der Waals surface area contributed by atoms with Gasteiger partial charge in [-0.05, 0) is 13.3 Å². The van der Waals surface area contributed by atoms with Crippen molar-refractivity contribution < 1.29 is 18.9 Å². The van der Waals surface area contributed by atoms with Crippen molar-refractivity contribution in [3.05, 3.63) is 0 Å². The maximum Gasteiger partial charge on any atom is 0.314 e. The van der Waals surface area contributed by atoms with E-state index in [4.69, 9.17) is 5.11 Å². The second-order valence-electron chi connectivity index (χ2n) is 3.84. The zero-order valence-corrected chi connectivity index (χ0v) is 11.2. The molecule has 0 aromatic heterocycles. The SMILES string of the molecule is CCC(CNC(=O)NCC(C)S(C)=O)C(=O)O. The number of urea groups is 1. The zero-order valence-electron chi connectivity index (χ0n) is 10.4. The second kappa shape index (κ2) is 8.05. The molecule has 100 valence electrons. The highest BCUT2D eigenvalue weighted by atomic mass is 32.2. The van der Waals surface area contributed by atoms with Crippen LogP contribution in [0.4, 0.5) is 4.79 Å². The van der Waals surface area contributed by atoms with Crippen molar-refractivity contribution in [3.8, 4) is 0 Å². The third-order valence-corrected chi connectivity index (χ3v) is 3.77. The molecule has 0 spiro atoms. The van der Waals surface area contributed by atoms with Crippen LogP contribution in [0.15, 0.2) is 0 Å². The van der Waals surface area contributed by atoms with Crippen molar-refractivity contribution in [2.45, 2.75) is 25.5 Å². The van der Waals surface area contributed by atoms with Gasteiger partial charge in [-0.1, -0.05) is 6.92 Å². The van der Waals surface area contributed by atoms with Crippen molar-refractivity contribution in [1.82, 2.24) is 10.6 Å². The lowest BCUT2D eigenvalue weighted by molar-refractivity contribution is -0.141. The first-order chi connectivity index (χ1) is 7.88. The van der Waals surface area contributed by atoms with Crippen LogP contribution in [-0.2, 0) is 15.6 Å². The van der Waals surface area contributed by atoms with Crippen molar-refractivity contribution in [1.29, 1.82) is 0 Å². The molecule has 0 aliphatic rings. The Morgan fingerprint density at radius 2 is 1.82 bits per heavy atom. The molecule has 0 aliphatic heterocycles. The number of aliphatic carboxylic acids is 1. The molecule has 0 aromatic carbocycles. The molecule has 2 amide bonds.